The molecule has 1 heterocycles. The monoisotopic (exact) mass is 227 g/mol. The lowest BCUT2D eigenvalue weighted by molar-refractivity contribution is -0.112. The van der Waals surface area contributed by atoms with Crippen LogP contribution < -0.4 is 5.73 Å². The number of aromatic nitrogens is 1. The van der Waals surface area contributed by atoms with Crippen LogP contribution in [-0.4, -0.2) is 21.8 Å². The summed E-state index contributed by atoms with van der Waals surface area (Å²) in [6.45, 7) is 6.02. The van der Waals surface area contributed by atoms with Crippen molar-refractivity contribution in [2.45, 2.75) is 26.2 Å². The molecule has 0 fully saturated rings. The van der Waals surface area contributed by atoms with Gasteiger partial charge in [0.05, 0.1) is 5.69 Å². The fourth-order valence-electron chi connectivity index (χ4n) is 0.924. The van der Waals surface area contributed by atoms with Gasteiger partial charge in [-0.25, -0.2) is 4.98 Å². The van der Waals surface area contributed by atoms with Gasteiger partial charge in [-0.15, -0.1) is 11.3 Å². The lowest BCUT2D eigenvalue weighted by Crippen LogP contribution is -2.24. The fraction of sp³-hybridized carbons (Fsp3) is 0.444. The van der Waals surface area contributed by atoms with Gasteiger partial charge in [-0.05, 0) is 0 Å². The average Bonchev–Trinajstić information content (AvgIpc) is 2.52. The third-order valence-corrected chi connectivity index (χ3v) is 2.66. The van der Waals surface area contributed by atoms with Crippen LogP contribution >= 0.6 is 11.3 Å². The molecule has 0 bridgehead atoms. The van der Waals surface area contributed by atoms with E-state index in [0.29, 0.717) is 5.01 Å². The second kappa shape index (κ2) is 3.98. The molecule has 0 atom stereocenters. The largest absolute Gasteiger partial charge is 0.410 e. The maximum atomic E-state index is 10.9. The molecule has 5 nitrogen and oxygen atoms in total. The molecule has 6 heteroatoms. The minimum Gasteiger partial charge on any atom is -0.410 e. The number of amides is 1. The Labute approximate surface area is 91.6 Å². The Kier molecular flexibility index (Phi) is 3.09. The lowest BCUT2D eigenvalue weighted by Gasteiger charge is -2.14. The first-order valence-corrected chi connectivity index (χ1v) is 5.22. The standard InChI is InChI=1S/C9H13N3O2S/c1-9(2,3)5-4-15-8(11-5)6(12-14)7(10)13/h4,14H,1-3H3,(H2,10,13). The van der Waals surface area contributed by atoms with E-state index in [4.69, 9.17) is 10.9 Å². The van der Waals surface area contributed by atoms with E-state index in [2.05, 4.69) is 10.1 Å². The molecule has 15 heavy (non-hydrogen) atoms. The molecule has 0 unspecified atom stereocenters. The van der Waals surface area contributed by atoms with Gasteiger partial charge in [0, 0.05) is 10.8 Å². The molecule has 0 aliphatic heterocycles. The molecule has 1 aromatic rings. The van der Waals surface area contributed by atoms with E-state index < -0.39 is 5.91 Å². The number of hydrogen-bond acceptors (Lipinski definition) is 5. The van der Waals surface area contributed by atoms with Gasteiger partial charge in [-0.2, -0.15) is 0 Å². The molecule has 0 spiro atoms. The summed E-state index contributed by atoms with van der Waals surface area (Å²) in [7, 11) is 0. The SMILES string of the molecule is CC(C)(C)c1csc(C(=NO)C(N)=O)n1. The second-order valence-electron chi connectivity index (χ2n) is 4.10. The number of rotatable bonds is 2. The molecule has 3 N–H and O–H groups in total. The number of oxime groups is 1. The van der Waals surface area contributed by atoms with Gasteiger partial charge in [0.2, 0.25) is 5.71 Å². The number of nitrogens with zero attached hydrogens (tertiary/aromatic N) is 2. The number of primary amides is 1. The summed E-state index contributed by atoms with van der Waals surface area (Å²) < 4.78 is 0. The molecule has 0 aliphatic rings. The van der Waals surface area contributed by atoms with Crippen LogP contribution in [0.5, 0.6) is 0 Å². The molecule has 0 saturated heterocycles. The average molecular weight is 227 g/mol. The maximum Gasteiger partial charge on any atom is 0.273 e. The number of carbonyl (C=O) groups excluding carboxylic acids is 1. The molecule has 1 amide bonds. The number of carbonyl (C=O) groups is 1. The zero-order valence-electron chi connectivity index (χ0n) is 8.81. The first kappa shape index (κ1) is 11.6. The van der Waals surface area contributed by atoms with Gasteiger partial charge >= 0.3 is 0 Å². The van der Waals surface area contributed by atoms with E-state index in [-0.39, 0.29) is 11.1 Å². The predicted octanol–water partition coefficient (Wildman–Crippen LogP) is 1.10. The van der Waals surface area contributed by atoms with Crippen molar-refractivity contribution >= 4 is 23.0 Å². The van der Waals surface area contributed by atoms with Gasteiger partial charge in [0.1, 0.15) is 0 Å². The molecule has 82 valence electrons. The molecule has 0 radical (unpaired) electrons. The molecule has 0 aliphatic carbocycles. The molecular formula is C9H13N3O2S. The van der Waals surface area contributed by atoms with Crippen molar-refractivity contribution < 1.29 is 10.0 Å². The highest BCUT2D eigenvalue weighted by Gasteiger charge is 2.21. The Morgan fingerprint density at radius 1 is 1.60 bits per heavy atom. The van der Waals surface area contributed by atoms with Crippen LogP contribution in [0, 0.1) is 0 Å². The topological polar surface area (TPSA) is 88.6 Å². The number of hydrogen-bond donors (Lipinski definition) is 2. The molecule has 0 aromatic carbocycles. The highest BCUT2D eigenvalue weighted by Crippen LogP contribution is 2.24. The quantitative estimate of drug-likeness (QED) is 0.450. The van der Waals surface area contributed by atoms with E-state index in [1.165, 1.54) is 11.3 Å². The third-order valence-electron chi connectivity index (χ3n) is 1.81. The van der Waals surface area contributed by atoms with Gasteiger partial charge in [-0.1, -0.05) is 25.9 Å². The summed E-state index contributed by atoms with van der Waals surface area (Å²) in [5.74, 6) is -0.785. The van der Waals surface area contributed by atoms with Crippen LogP contribution in [0.2, 0.25) is 0 Å². The lowest BCUT2D eigenvalue weighted by atomic mass is 9.93. The van der Waals surface area contributed by atoms with Crippen LogP contribution in [0.3, 0.4) is 0 Å². The summed E-state index contributed by atoms with van der Waals surface area (Å²) in [4.78, 5) is 15.1. The van der Waals surface area contributed by atoms with Crippen molar-refractivity contribution in [1.29, 1.82) is 0 Å². The van der Waals surface area contributed by atoms with E-state index in [1.54, 1.807) is 0 Å². The molecule has 0 saturated carbocycles. The second-order valence-corrected chi connectivity index (χ2v) is 4.96. The Morgan fingerprint density at radius 3 is 2.53 bits per heavy atom. The summed E-state index contributed by atoms with van der Waals surface area (Å²) in [5.41, 5.74) is 5.57. The molecule has 1 aromatic heterocycles. The molecule has 1 rings (SSSR count). The fourth-order valence-corrected chi connectivity index (χ4v) is 1.96. The van der Waals surface area contributed by atoms with Crippen molar-refractivity contribution in [3.8, 4) is 0 Å². The van der Waals surface area contributed by atoms with Gasteiger partial charge < -0.3 is 10.9 Å². The number of thiazole rings is 1. The minimum atomic E-state index is -0.785. The predicted molar refractivity (Wildman–Crippen MR) is 58.3 cm³/mol. The zero-order valence-corrected chi connectivity index (χ0v) is 9.63. The van der Waals surface area contributed by atoms with Crippen molar-refractivity contribution in [3.63, 3.8) is 0 Å². The van der Waals surface area contributed by atoms with Crippen LogP contribution in [0.15, 0.2) is 10.5 Å². The van der Waals surface area contributed by atoms with Crippen molar-refractivity contribution in [2.24, 2.45) is 10.9 Å². The van der Waals surface area contributed by atoms with Crippen molar-refractivity contribution in [1.82, 2.24) is 4.98 Å². The van der Waals surface area contributed by atoms with Gasteiger partial charge in [-0.3, -0.25) is 4.79 Å². The van der Waals surface area contributed by atoms with Crippen LogP contribution in [0.1, 0.15) is 31.5 Å². The summed E-state index contributed by atoms with van der Waals surface area (Å²) in [6.07, 6.45) is 0. The third kappa shape index (κ3) is 2.53. The zero-order chi connectivity index (χ0) is 11.6. The van der Waals surface area contributed by atoms with Crippen LogP contribution in [0.25, 0.3) is 0 Å². The Morgan fingerprint density at radius 2 is 2.20 bits per heavy atom. The highest BCUT2D eigenvalue weighted by molar-refractivity contribution is 7.12. The maximum absolute atomic E-state index is 10.9. The normalized spacial score (nSPS) is 12.9. The van der Waals surface area contributed by atoms with Crippen molar-refractivity contribution in [3.05, 3.63) is 16.1 Å². The number of nitrogens with two attached hydrogens (primary N) is 1. The Balaban J connectivity index is 3.09. The Bertz CT molecular complexity index is 404. The van der Waals surface area contributed by atoms with E-state index >= 15 is 0 Å². The van der Waals surface area contributed by atoms with Gasteiger partial charge in [0.25, 0.3) is 5.91 Å². The highest BCUT2D eigenvalue weighted by atomic mass is 32.1. The summed E-state index contributed by atoms with van der Waals surface area (Å²) in [6, 6.07) is 0. The Hall–Kier alpha value is -1.43. The summed E-state index contributed by atoms with van der Waals surface area (Å²) in [5, 5.41) is 13.6. The first-order chi connectivity index (χ1) is 6.86. The van der Waals surface area contributed by atoms with Crippen LogP contribution in [-0.2, 0) is 10.2 Å². The summed E-state index contributed by atoms with van der Waals surface area (Å²) >= 11 is 1.23. The minimum absolute atomic E-state index is 0.104. The van der Waals surface area contributed by atoms with E-state index in [0.717, 1.165) is 5.69 Å². The molecular weight excluding hydrogens is 214 g/mol. The van der Waals surface area contributed by atoms with Crippen molar-refractivity contribution in [2.75, 3.05) is 0 Å². The van der Waals surface area contributed by atoms with Crippen LogP contribution in [0.4, 0.5) is 0 Å². The van der Waals surface area contributed by atoms with Gasteiger partial charge in [0.15, 0.2) is 5.01 Å². The van der Waals surface area contributed by atoms with E-state index in [9.17, 15) is 4.79 Å². The smallest absolute Gasteiger partial charge is 0.273 e. The van der Waals surface area contributed by atoms with E-state index in [1.807, 2.05) is 26.2 Å². The first-order valence-electron chi connectivity index (χ1n) is 4.34.